The van der Waals surface area contributed by atoms with Crippen LogP contribution in [0, 0.1) is 0 Å². The van der Waals surface area contributed by atoms with Crippen molar-refractivity contribution >= 4 is 86.1 Å². The second-order valence-corrected chi connectivity index (χ2v) is 18.6. The van der Waals surface area contributed by atoms with Gasteiger partial charge in [0, 0.05) is 26.3 Å². The van der Waals surface area contributed by atoms with Crippen molar-refractivity contribution in [3.63, 3.8) is 0 Å². The van der Waals surface area contributed by atoms with E-state index in [-0.39, 0.29) is 0 Å². The van der Waals surface area contributed by atoms with Gasteiger partial charge in [-0.1, -0.05) is 194 Å². The summed E-state index contributed by atoms with van der Waals surface area (Å²) in [6.45, 7) is 0. The van der Waals surface area contributed by atoms with Gasteiger partial charge in [0.05, 0.1) is 0 Å². The van der Waals surface area contributed by atoms with Crippen molar-refractivity contribution in [1.82, 2.24) is 15.0 Å². The standard InChI is InChI=1S/C63H37N3S/c1-2-12-42(13-3-1)61-64-62(43-31-26-38(27-32-43)56-37-46-14-4-7-25-55(46)67-56)66-63(65-61)53-21-6-5-20-49(53)45-19-8-18-44(34-45)48-35-47-33-30-41-16-10-23-51-50-22-9-15-39-28-29-40-17-11-24-52(59(40)57(39)50)54(36-48)60(47)58(41)51/h1-37H. The van der Waals surface area contributed by atoms with Crippen LogP contribution in [-0.2, 0) is 0 Å². The molecule has 67 heavy (non-hydrogen) atoms. The maximum Gasteiger partial charge on any atom is 0.164 e. The monoisotopic (exact) mass is 867 g/mol. The first-order chi connectivity index (χ1) is 33.2. The Kier molecular flexibility index (Phi) is 8.45. The fourth-order valence-electron chi connectivity index (χ4n) is 10.5. The summed E-state index contributed by atoms with van der Waals surface area (Å²) < 4.78 is 1.28. The average molecular weight is 868 g/mol. The van der Waals surface area contributed by atoms with E-state index in [1.54, 1.807) is 0 Å². The summed E-state index contributed by atoms with van der Waals surface area (Å²) >= 11 is 1.81. The second kappa shape index (κ2) is 15.0. The summed E-state index contributed by atoms with van der Waals surface area (Å²) in [5.74, 6) is 1.90. The molecular formula is C63H37N3S. The molecule has 12 aromatic carbocycles. The van der Waals surface area contributed by atoms with Crippen LogP contribution < -0.4 is 0 Å². The molecule has 0 amide bonds. The Labute approximate surface area is 390 Å². The van der Waals surface area contributed by atoms with Gasteiger partial charge in [-0.15, -0.1) is 11.3 Å². The fraction of sp³-hybridized carbons (Fsp3) is 0. The minimum absolute atomic E-state index is 0.631. The number of nitrogens with zero attached hydrogens (tertiary/aromatic N) is 3. The van der Waals surface area contributed by atoms with Crippen LogP contribution in [0.1, 0.15) is 0 Å². The maximum absolute atomic E-state index is 5.24. The SMILES string of the molecule is c1ccc(-c2nc(-c3ccc(-c4cc5ccccc5s4)cc3)nc(-c3ccccc3-c3cccc(-c4cc5ccc6cccc7c8cccc9ccc%10cccc(c(c4)c5c67)c%10c98)c3)n2)cc1. The molecular weight excluding hydrogens is 831 g/mol. The molecule has 4 heteroatoms. The van der Waals surface area contributed by atoms with E-state index in [1.807, 2.05) is 29.5 Å². The van der Waals surface area contributed by atoms with Gasteiger partial charge >= 0.3 is 0 Å². The highest BCUT2D eigenvalue weighted by Crippen LogP contribution is 2.45. The van der Waals surface area contributed by atoms with Gasteiger partial charge in [-0.05, 0) is 128 Å². The normalized spacial score (nSPS) is 11.9. The van der Waals surface area contributed by atoms with Gasteiger partial charge in [-0.2, -0.15) is 0 Å². The molecule has 0 aliphatic heterocycles. The molecule has 0 aliphatic carbocycles. The van der Waals surface area contributed by atoms with Crippen molar-refractivity contribution in [3.8, 4) is 66.9 Å². The zero-order valence-corrected chi connectivity index (χ0v) is 36.9. The number of benzene rings is 11. The third kappa shape index (κ3) is 6.15. The minimum atomic E-state index is 0.631. The zero-order chi connectivity index (χ0) is 44.0. The highest BCUT2D eigenvalue weighted by molar-refractivity contribution is 7.22. The number of thiophene rings is 1. The third-order valence-electron chi connectivity index (χ3n) is 13.6. The van der Waals surface area contributed by atoms with Gasteiger partial charge in [0.25, 0.3) is 0 Å². The lowest BCUT2D eigenvalue weighted by molar-refractivity contribution is 1.07. The predicted molar refractivity (Wildman–Crippen MR) is 284 cm³/mol. The van der Waals surface area contributed by atoms with Crippen LogP contribution >= 0.6 is 11.3 Å². The third-order valence-corrected chi connectivity index (χ3v) is 14.8. The lowest BCUT2D eigenvalue weighted by Gasteiger charge is -2.17. The summed E-state index contributed by atoms with van der Waals surface area (Å²) in [6.07, 6.45) is 0. The highest BCUT2D eigenvalue weighted by atomic mass is 32.1. The Morgan fingerprint density at radius 3 is 1.43 bits per heavy atom. The van der Waals surface area contributed by atoms with Gasteiger partial charge in [0.2, 0.25) is 0 Å². The van der Waals surface area contributed by atoms with E-state index >= 15 is 0 Å². The molecule has 0 spiro atoms. The Hall–Kier alpha value is -8.57. The Balaban J connectivity index is 0.930. The quantitative estimate of drug-likeness (QED) is 0.156. The van der Waals surface area contributed by atoms with Crippen molar-refractivity contribution in [1.29, 1.82) is 0 Å². The average Bonchev–Trinajstić information content (AvgIpc) is 3.84. The van der Waals surface area contributed by atoms with E-state index in [1.165, 1.54) is 90.7 Å². The Bertz CT molecular complexity index is 4230. The molecule has 0 N–H and O–H groups in total. The summed E-state index contributed by atoms with van der Waals surface area (Å²) in [5.41, 5.74) is 8.46. The molecule has 0 saturated heterocycles. The lowest BCUT2D eigenvalue weighted by atomic mass is 9.86. The van der Waals surface area contributed by atoms with Crippen molar-refractivity contribution in [3.05, 3.63) is 224 Å². The van der Waals surface area contributed by atoms with E-state index in [2.05, 4.69) is 206 Å². The van der Waals surface area contributed by atoms with Crippen LogP contribution in [0.5, 0.6) is 0 Å². The van der Waals surface area contributed by atoms with Crippen LogP contribution in [0.25, 0.3) is 142 Å². The van der Waals surface area contributed by atoms with Gasteiger partial charge in [-0.25, -0.2) is 15.0 Å². The first kappa shape index (κ1) is 37.8. The minimum Gasteiger partial charge on any atom is -0.208 e. The van der Waals surface area contributed by atoms with Crippen molar-refractivity contribution in [2.75, 3.05) is 0 Å². The maximum atomic E-state index is 5.24. The summed E-state index contributed by atoms with van der Waals surface area (Å²) in [6, 6.07) is 81.4. The summed E-state index contributed by atoms with van der Waals surface area (Å²) in [7, 11) is 0. The predicted octanol–water partition coefficient (Wildman–Crippen LogP) is 17.4. The van der Waals surface area contributed by atoms with E-state index in [4.69, 9.17) is 15.0 Å². The molecule has 0 saturated carbocycles. The van der Waals surface area contributed by atoms with Gasteiger partial charge in [0.15, 0.2) is 17.5 Å². The first-order valence-electron chi connectivity index (χ1n) is 22.7. The number of hydrogen-bond acceptors (Lipinski definition) is 4. The summed E-state index contributed by atoms with van der Waals surface area (Å²) in [5, 5.41) is 16.6. The number of rotatable bonds is 6. The zero-order valence-electron chi connectivity index (χ0n) is 36.1. The second-order valence-electron chi connectivity index (χ2n) is 17.5. The molecule has 14 aromatic rings. The first-order valence-corrected chi connectivity index (χ1v) is 23.6. The van der Waals surface area contributed by atoms with Crippen LogP contribution in [-0.4, -0.2) is 15.0 Å². The molecule has 3 nitrogen and oxygen atoms in total. The lowest BCUT2D eigenvalue weighted by Crippen LogP contribution is -2.01. The molecule has 0 bridgehead atoms. The van der Waals surface area contributed by atoms with Crippen molar-refractivity contribution in [2.45, 2.75) is 0 Å². The van der Waals surface area contributed by atoms with Crippen LogP contribution in [0.3, 0.4) is 0 Å². The smallest absolute Gasteiger partial charge is 0.164 e. The van der Waals surface area contributed by atoms with E-state index in [9.17, 15) is 0 Å². The van der Waals surface area contributed by atoms with Gasteiger partial charge in [0.1, 0.15) is 0 Å². The van der Waals surface area contributed by atoms with Gasteiger partial charge < -0.3 is 0 Å². The largest absolute Gasteiger partial charge is 0.208 e. The molecule has 0 atom stereocenters. The summed E-state index contributed by atoms with van der Waals surface area (Å²) in [4.78, 5) is 16.8. The molecule has 0 unspecified atom stereocenters. The Morgan fingerprint density at radius 1 is 0.254 bits per heavy atom. The van der Waals surface area contributed by atoms with Crippen LogP contribution in [0.4, 0.5) is 0 Å². The van der Waals surface area contributed by atoms with Crippen molar-refractivity contribution < 1.29 is 0 Å². The van der Waals surface area contributed by atoms with Crippen LogP contribution in [0.15, 0.2) is 224 Å². The number of hydrogen-bond donors (Lipinski definition) is 0. The van der Waals surface area contributed by atoms with E-state index in [0.29, 0.717) is 17.5 Å². The van der Waals surface area contributed by atoms with Gasteiger partial charge in [-0.3, -0.25) is 0 Å². The van der Waals surface area contributed by atoms with Crippen molar-refractivity contribution in [2.24, 2.45) is 0 Å². The molecule has 2 aromatic heterocycles. The fourth-order valence-corrected chi connectivity index (χ4v) is 11.6. The number of aromatic nitrogens is 3. The topological polar surface area (TPSA) is 38.7 Å². The molecule has 0 aliphatic rings. The Morgan fingerprint density at radius 2 is 0.746 bits per heavy atom. The molecule has 0 fully saturated rings. The molecule has 0 radical (unpaired) electrons. The highest BCUT2D eigenvalue weighted by Gasteiger charge is 2.19. The number of fused-ring (bicyclic) bond motifs is 3. The molecule has 310 valence electrons. The van der Waals surface area contributed by atoms with E-state index < -0.39 is 0 Å². The van der Waals surface area contributed by atoms with E-state index in [0.717, 1.165) is 33.4 Å². The molecule has 2 heterocycles. The van der Waals surface area contributed by atoms with Crippen LogP contribution in [0.2, 0.25) is 0 Å². The molecule has 14 rings (SSSR count).